The van der Waals surface area contributed by atoms with E-state index in [0.717, 1.165) is 3.57 Å². The van der Waals surface area contributed by atoms with Crippen LogP contribution in [0.15, 0.2) is 36.5 Å². The van der Waals surface area contributed by atoms with Crippen LogP contribution in [0.4, 0.5) is 5.69 Å². The maximum atomic E-state index is 12.1. The third-order valence-electron chi connectivity index (χ3n) is 2.47. The minimum atomic E-state index is -0.228. The standard InChI is InChI=1S/C14H12ClIN2O2/c1-2-20-13-6-4-10(8-17-13)18-14(19)9-3-5-12(16)11(15)7-9/h3-8H,2H2,1H3,(H,18,19). The molecule has 0 saturated heterocycles. The van der Waals surface area contributed by atoms with Gasteiger partial charge in [0.25, 0.3) is 5.91 Å². The molecule has 0 radical (unpaired) electrons. The Morgan fingerprint density at radius 1 is 1.40 bits per heavy atom. The number of anilines is 1. The lowest BCUT2D eigenvalue weighted by atomic mass is 10.2. The Kier molecular flexibility index (Phi) is 5.19. The summed E-state index contributed by atoms with van der Waals surface area (Å²) in [7, 11) is 0. The number of halogens is 2. The van der Waals surface area contributed by atoms with E-state index in [1.807, 2.05) is 6.92 Å². The highest BCUT2D eigenvalue weighted by atomic mass is 127. The molecule has 1 heterocycles. The van der Waals surface area contributed by atoms with Gasteiger partial charge in [-0.25, -0.2) is 4.98 Å². The third-order valence-corrected chi connectivity index (χ3v) is 4.04. The zero-order valence-electron chi connectivity index (χ0n) is 10.7. The number of rotatable bonds is 4. The number of pyridine rings is 1. The molecule has 1 N–H and O–H groups in total. The summed E-state index contributed by atoms with van der Waals surface area (Å²) >= 11 is 8.11. The molecule has 2 rings (SSSR count). The molecule has 20 heavy (non-hydrogen) atoms. The molecule has 0 aliphatic rings. The molecule has 1 aromatic carbocycles. The Balaban J connectivity index is 2.08. The number of carbonyl (C=O) groups is 1. The van der Waals surface area contributed by atoms with E-state index in [9.17, 15) is 4.79 Å². The van der Waals surface area contributed by atoms with Gasteiger partial charge in [-0.3, -0.25) is 4.79 Å². The molecule has 0 fully saturated rings. The van der Waals surface area contributed by atoms with Crippen LogP contribution in [-0.2, 0) is 0 Å². The van der Waals surface area contributed by atoms with Gasteiger partial charge in [0.05, 0.1) is 23.5 Å². The van der Waals surface area contributed by atoms with Gasteiger partial charge < -0.3 is 10.1 Å². The maximum absolute atomic E-state index is 12.1. The molecule has 104 valence electrons. The minimum absolute atomic E-state index is 0.228. The summed E-state index contributed by atoms with van der Waals surface area (Å²) in [5.74, 6) is 0.303. The summed E-state index contributed by atoms with van der Waals surface area (Å²) in [6.45, 7) is 2.44. The third kappa shape index (κ3) is 3.83. The Morgan fingerprint density at radius 3 is 2.80 bits per heavy atom. The molecular formula is C14H12ClIN2O2. The van der Waals surface area contributed by atoms with E-state index >= 15 is 0 Å². The Labute approximate surface area is 135 Å². The molecule has 0 aliphatic heterocycles. The van der Waals surface area contributed by atoms with Gasteiger partial charge in [0.1, 0.15) is 0 Å². The number of benzene rings is 1. The van der Waals surface area contributed by atoms with Gasteiger partial charge in [0.15, 0.2) is 0 Å². The predicted octanol–water partition coefficient (Wildman–Crippen LogP) is 3.99. The molecule has 6 heteroatoms. The quantitative estimate of drug-likeness (QED) is 0.787. The van der Waals surface area contributed by atoms with Crippen LogP contribution in [0.5, 0.6) is 5.88 Å². The molecule has 0 saturated carbocycles. The Hall–Kier alpha value is -1.34. The van der Waals surface area contributed by atoms with Crippen molar-refractivity contribution in [2.24, 2.45) is 0 Å². The van der Waals surface area contributed by atoms with Crippen molar-refractivity contribution in [3.05, 3.63) is 50.7 Å². The van der Waals surface area contributed by atoms with E-state index in [1.54, 1.807) is 36.5 Å². The second kappa shape index (κ2) is 6.90. The number of amides is 1. The van der Waals surface area contributed by atoms with Gasteiger partial charge in [-0.05, 0) is 53.8 Å². The summed E-state index contributed by atoms with van der Waals surface area (Å²) in [5.41, 5.74) is 1.11. The van der Waals surface area contributed by atoms with Gasteiger partial charge in [-0.2, -0.15) is 0 Å². The van der Waals surface area contributed by atoms with E-state index < -0.39 is 0 Å². The number of aromatic nitrogens is 1. The molecule has 4 nitrogen and oxygen atoms in total. The fraction of sp³-hybridized carbons (Fsp3) is 0.143. The lowest BCUT2D eigenvalue weighted by molar-refractivity contribution is 0.102. The van der Waals surface area contributed by atoms with E-state index in [-0.39, 0.29) is 5.91 Å². The average Bonchev–Trinajstić information content (AvgIpc) is 2.44. The first-order valence-corrected chi connectivity index (χ1v) is 7.41. The summed E-state index contributed by atoms with van der Waals surface area (Å²) in [4.78, 5) is 16.1. The molecule has 1 amide bonds. The van der Waals surface area contributed by atoms with Crippen molar-refractivity contribution in [2.45, 2.75) is 6.92 Å². The van der Waals surface area contributed by atoms with E-state index in [2.05, 4.69) is 32.9 Å². The van der Waals surface area contributed by atoms with Crippen molar-refractivity contribution >= 4 is 45.8 Å². The first-order chi connectivity index (χ1) is 9.60. The van der Waals surface area contributed by atoms with Crippen LogP contribution in [0.2, 0.25) is 5.02 Å². The van der Waals surface area contributed by atoms with Gasteiger partial charge in [-0.1, -0.05) is 11.6 Å². The molecule has 0 bridgehead atoms. The molecule has 0 unspecified atom stereocenters. The fourth-order valence-electron chi connectivity index (χ4n) is 1.53. The number of hydrogen-bond acceptors (Lipinski definition) is 3. The second-order valence-electron chi connectivity index (χ2n) is 3.90. The average molecular weight is 403 g/mol. The van der Waals surface area contributed by atoms with Crippen molar-refractivity contribution in [1.82, 2.24) is 4.98 Å². The molecule has 0 atom stereocenters. The van der Waals surface area contributed by atoms with Crippen LogP contribution >= 0.6 is 34.2 Å². The lowest BCUT2D eigenvalue weighted by Gasteiger charge is -2.07. The van der Waals surface area contributed by atoms with Crippen molar-refractivity contribution < 1.29 is 9.53 Å². The number of nitrogens with zero attached hydrogens (tertiary/aromatic N) is 1. The van der Waals surface area contributed by atoms with Gasteiger partial charge >= 0.3 is 0 Å². The van der Waals surface area contributed by atoms with Crippen molar-refractivity contribution in [2.75, 3.05) is 11.9 Å². The molecule has 2 aromatic rings. The molecule has 1 aromatic heterocycles. The van der Waals surface area contributed by atoms with Crippen molar-refractivity contribution in [1.29, 1.82) is 0 Å². The van der Waals surface area contributed by atoms with Crippen LogP contribution < -0.4 is 10.1 Å². The van der Waals surface area contributed by atoms with E-state index in [4.69, 9.17) is 16.3 Å². The maximum Gasteiger partial charge on any atom is 0.255 e. The van der Waals surface area contributed by atoms with Crippen LogP contribution in [0.3, 0.4) is 0 Å². The fourth-order valence-corrected chi connectivity index (χ4v) is 2.04. The molecule has 0 spiro atoms. The number of ether oxygens (including phenoxy) is 1. The van der Waals surface area contributed by atoms with Gasteiger partial charge in [-0.15, -0.1) is 0 Å². The van der Waals surface area contributed by atoms with E-state index in [1.165, 1.54) is 0 Å². The summed E-state index contributed by atoms with van der Waals surface area (Å²) in [5, 5.41) is 3.31. The topological polar surface area (TPSA) is 51.2 Å². The number of hydrogen-bond donors (Lipinski definition) is 1. The lowest BCUT2D eigenvalue weighted by Crippen LogP contribution is -2.12. The largest absolute Gasteiger partial charge is 0.478 e. The molecular weight excluding hydrogens is 391 g/mol. The summed E-state index contributed by atoms with van der Waals surface area (Å²) < 4.78 is 6.14. The highest BCUT2D eigenvalue weighted by Gasteiger charge is 2.08. The summed E-state index contributed by atoms with van der Waals surface area (Å²) in [6.07, 6.45) is 1.55. The summed E-state index contributed by atoms with van der Waals surface area (Å²) in [6, 6.07) is 8.62. The zero-order valence-corrected chi connectivity index (χ0v) is 13.6. The van der Waals surface area contributed by atoms with Gasteiger partial charge in [0.2, 0.25) is 5.88 Å². The zero-order chi connectivity index (χ0) is 14.5. The Bertz CT molecular complexity index is 617. The minimum Gasteiger partial charge on any atom is -0.478 e. The van der Waals surface area contributed by atoms with Crippen LogP contribution in [0.1, 0.15) is 17.3 Å². The SMILES string of the molecule is CCOc1ccc(NC(=O)c2ccc(I)c(Cl)c2)cn1. The predicted molar refractivity (Wildman–Crippen MR) is 87.5 cm³/mol. The highest BCUT2D eigenvalue weighted by Crippen LogP contribution is 2.20. The van der Waals surface area contributed by atoms with Crippen LogP contribution in [-0.4, -0.2) is 17.5 Å². The number of nitrogens with one attached hydrogen (secondary N) is 1. The van der Waals surface area contributed by atoms with Crippen LogP contribution in [0.25, 0.3) is 0 Å². The van der Waals surface area contributed by atoms with Crippen LogP contribution in [0, 0.1) is 3.57 Å². The molecule has 0 aliphatic carbocycles. The first kappa shape index (κ1) is 15.1. The van der Waals surface area contributed by atoms with Crippen molar-refractivity contribution in [3.8, 4) is 5.88 Å². The highest BCUT2D eigenvalue weighted by molar-refractivity contribution is 14.1. The van der Waals surface area contributed by atoms with Gasteiger partial charge in [0, 0.05) is 15.2 Å². The smallest absolute Gasteiger partial charge is 0.255 e. The second-order valence-corrected chi connectivity index (χ2v) is 5.47. The van der Waals surface area contributed by atoms with Crippen molar-refractivity contribution in [3.63, 3.8) is 0 Å². The first-order valence-electron chi connectivity index (χ1n) is 5.95. The normalized spacial score (nSPS) is 10.2. The number of carbonyl (C=O) groups excluding carboxylic acids is 1. The Morgan fingerprint density at radius 2 is 2.20 bits per heavy atom. The van der Waals surface area contributed by atoms with E-state index in [0.29, 0.717) is 28.8 Å². The monoisotopic (exact) mass is 402 g/mol.